The monoisotopic (exact) mass is 258 g/mol. The number of hydrogen-bond acceptors (Lipinski definition) is 2. The van der Waals surface area contributed by atoms with Gasteiger partial charge in [0.05, 0.1) is 18.1 Å². The van der Waals surface area contributed by atoms with E-state index < -0.39 is 0 Å². The fourth-order valence-corrected chi connectivity index (χ4v) is 1.45. The second-order valence-electron chi connectivity index (χ2n) is 3.08. The maximum absolute atomic E-state index is 11.4. The van der Waals surface area contributed by atoms with Crippen molar-refractivity contribution in [2.24, 2.45) is 0 Å². The van der Waals surface area contributed by atoms with Gasteiger partial charge in [-0.2, -0.15) is 0 Å². The van der Waals surface area contributed by atoms with Crippen molar-refractivity contribution < 1.29 is 9.53 Å². The Kier molecular flexibility index (Phi) is 5.36. The molecule has 86 valence electrons. The van der Waals surface area contributed by atoms with Gasteiger partial charge >= 0.3 is 5.97 Å². The Morgan fingerprint density at radius 2 is 2.00 bits per heavy atom. The lowest BCUT2D eigenvalue weighted by atomic mass is 10.1. The predicted molar refractivity (Wildman–Crippen MR) is 66.8 cm³/mol. The summed E-state index contributed by atoms with van der Waals surface area (Å²) in [6.07, 6.45) is 1.70. The molecule has 0 aliphatic heterocycles. The Labute approximate surface area is 105 Å². The summed E-state index contributed by atoms with van der Waals surface area (Å²) in [5.41, 5.74) is 1.30. The van der Waals surface area contributed by atoms with E-state index in [0.29, 0.717) is 17.2 Å². The molecule has 0 N–H and O–H groups in total. The average molecular weight is 259 g/mol. The number of hydrogen-bond donors (Lipinski definition) is 0. The Hall–Kier alpha value is -0.990. The van der Waals surface area contributed by atoms with Gasteiger partial charge in [0.2, 0.25) is 0 Å². The molecule has 0 heterocycles. The summed E-state index contributed by atoms with van der Waals surface area (Å²) in [5, 5.41) is 0.653. The molecule has 2 nitrogen and oxygen atoms in total. The fraction of sp³-hybridized carbons (Fsp3) is 0.250. The van der Waals surface area contributed by atoms with Gasteiger partial charge in [-0.1, -0.05) is 23.7 Å². The van der Waals surface area contributed by atoms with Crippen LogP contribution in [0.5, 0.6) is 0 Å². The molecule has 1 rings (SSSR count). The van der Waals surface area contributed by atoms with Crippen LogP contribution in [0.3, 0.4) is 0 Å². The number of esters is 1. The number of rotatable bonds is 4. The minimum absolute atomic E-state index is 0.126. The Balaban J connectivity index is 2.87. The van der Waals surface area contributed by atoms with E-state index in [1.807, 2.05) is 12.1 Å². The number of halogens is 2. The van der Waals surface area contributed by atoms with Crippen LogP contribution in [-0.2, 0) is 9.53 Å². The van der Waals surface area contributed by atoms with Gasteiger partial charge in [-0.3, -0.25) is 0 Å². The van der Waals surface area contributed by atoms with E-state index in [0.717, 1.165) is 5.56 Å². The lowest BCUT2D eigenvalue weighted by Crippen LogP contribution is -2.08. The zero-order valence-electron chi connectivity index (χ0n) is 8.87. The first-order valence-corrected chi connectivity index (χ1v) is 5.78. The summed E-state index contributed by atoms with van der Waals surface area (Å²) in [7, 11) is 0. The molecule has 0 saturated carbocycles. The summed E-state index contributed by atoms with van der Waals surface area (Å²) in [6, 6.07) is 7.14. The molecule has 1 aromatic carbocycles. The van der Waals surface area contributed by atoms with Gasteiger partial charge in [0.1, 0.15) is 0 Å². The molecule has 0 atom stereocenters. The van der Waals surface area contributed by atoms with Crippen molar-refractivity contribution in [1.29, 1.82) is 0 Å². The Bertz CT molecular complexity index is 383. The first kappa shape index (κ1) is 13.1. The molecule has 16 heavy (non-hydrogen) atoms. The molecule has 0 radical (unpaired) electrons. The van der Waals surface area contributed by atoms with Crippen LogP contribution in [0.1, 0.15) is 12.5 Å². The highest BCUT2D eigenvalue weighted by Crippen LogP contribution is 2.14. The number of carbonyl (C=O) groups excluding carboxylic acids is 1. The molecule has 0 aromatic heterocycles. The van der Waals surface area contributed by atoms with Gasteiger partial charge in [0, 0.05) is 5.02 Å². The van der Waals surface area contributed by atoms with Crippen LogP contribution < -0.4 is 0 Å². The van der Waals surface area contributed by atoms with Crippen LogP contribution in [0.15, 0.2) is 29.8 Å². The van der Waals surface area contributed by atoms with E-state index >= 15 is 0 Å². The van der Waals surface area contributed by atoms with Gasteiger partial charge in [-0.25, -0.2) is 4.79 Å². The molecule has 0 aliphatic rings. The normalized spacial score (nSPS) is 11.3. The summed E-state index contributed by atoms with van der Waals surface area (Å²) in [5.74, 6) is -0.256. The van der Waals surface area contributed by atoms with E-state index in [-0.39, 0.29) is 11.8 Å². The predicted octanol–water partition coefficient (Wildman–Crippen LogP) is 3.53. The molecule has 0 spiro atoms. The lowest BCUT2D eigenvalue weighted by molar-refractivity contribution is -0.138. The van der Waals surface area contributed by atoms with Crippen LogP contribution in [-0.4, -0.2) is 18.5 Å². The second kappa shape index (κ2) is 6.56. The molecule has 0 aliphatic carbocycles. The van der Waals surface area contributed by atoms with Gasteiger partial charge in [0.15, 0.2) is 0 Å². The van der Waals surface area contributed by atoms with Gasteiger partial charge < -0.3 is 4.74 Å². The van der Waals surface area contributed by atoms with Crippen LogP contribution in [0.25, 0.3) is 6.08 Å². The largest absolute Gasteiger partial charge is 0.463 e. The summed E-state index contributed by atoms with van der Waals surface area (Å²) in [6.45, 7) is 2.10. The van der Waals surface area contributed by atoms with E-state index in [1.54, 1.807) is 25.1 Å². The third-order valence-corrected chi connectivity index (χ3v) is 2.43. The van der Waals surface area contributed by atoms with Crippen molar-refractivity contribution in [1.82, 2.24) is 0 Å². The van der Waals surface area contributed by atoms with Crippen LogP contribution >= 0.6 is 23.2 Å². The molecule has 0 unspecified atom stereocenters. The van der Waals surface area contributed by atoms with Crippen molar-refractivity contribution in [2.45, 2.75) is 6.92 Å². The van der Waals surface area contributed by atoms with Crippen LogP contribution in [0.4, 0.5) is 0 Å². The topological polar surface area (TPSA) is 26.3 Å². The van der Waals surface area contributed by atoms with Gasteiger partial charge in [-0.05, 0) is 30.7 Å². The molecule has 0 bridgehead atoms. The highest BCUT2D eigenvalue weighted by Gasteiger charge is 2.08. The van der Waals surface area contributed by atoms with Crippen molar-refractivity contribution in [2.75, 3.05) is 12.5 Å². The van der Waals surface area contributed by atoms with E-state index in [9.17, 15) is 4.79 Å². The zero-order chi connectivity index (χ0) is 12.0. The molecule has 4 heteroatoms. The molecule has 0 amide bonds. The van der Waals surface area contributed by atoms with Crippen molar-refractivity contribution in [3.8, 4) is 0 Å². The minimum Gasteiger partial charge on any atom is -0.463 e. The van der Waals surface area contributed by atoms with Crippen molar-refractivity contribution in [3.05, 3.63) is 40.4 Å². The maximum Gasteiger partial charge on any atom is 0.335 e. The fourth-order valence-electron chi connectivity index (χ4n) is 1.14. The molecular formula is C12H12Cl2O2. The first-order valence-electron chi connectivity index (χ1n) is 4.86. The lowest BCUT2D eigenvalue weighted by Gasteiger charge is -2.03. The van der Waals surface area contributed by atoms with Crippen LogP contribution in [0.2, 0.25) is 5.02 Å². The number of benzene rings is 1. The van der Waals surface area contributed by atoms with Crippen molar-refractivity contribution >= 4 is 35.2 Å². The third kappa shape index (κ3) is 3.87. The maximum atomic E-state index is 11.4. The number of alkyl halides is 1. The Morgan fingerprint density at radius 1 is 1.38 bits per heavy atom. The highest BCUT2D eigenvalue weighted by molar-refractivity contribution is 6.30. The minimum atomic E-state index is -0.382. The molecule has 0 fully saturated rings. The highest BCUT2D eigenvalue weighted by atomic mass is 35.5. The van der Waals surface area contributed by atoms with Crippen molar-refractivity contribution in [3.63, 3.8) is 0 Å². The van der Waals surface area contributed by atoms with E-state index in [4.69, 9.17) is 27.9 Å². The third-order valence-electron chi connectivity index (χ3n) is 1.89. The SMILES string of the molecule is CCOC(=O)/C(=C/c1ccc(Cl)cc1)CCl. The molecule has 0 saturated heterocycles. The van der Waals surface area contributed by atoms with Gasteiger partial charge in [0.25, 0.3) is 0 Å². The zero-order valence-corrected chi connectivity index (χ0v) is 10.4. The van der Waals surface area contributed by atoms with E-state index in [2.05, 4.69) is 0 Å². The summed E-state index contributed by atoms with van der Waals surface area (Å²) in [4.78, 5) is 11.4. The number of ether oxygens (including phenoxy) is 1. The standard InChI is InChI=1S/C12H12Cl2O2/c1-2-16-12(15)10(8-13)7-9-3-5-11(14)6-4-9/h3-7H,2,8H2,1H3/b10-7+. The van der Waals surface area contributed by atoms with E-state index in [1.165, 1.54) is 0 Å². The molecular weight excluding hydrogens is 247 g/mol. The average Bonchev–Trinajstić information content (AvgIpc) is 2.28. The van der Waals surface area contributed by atoms with Crippen LogP contribution in [0, 0.1) is 0 Å². The summed E-state index contributed by atoms with van der Waals surface area (Å²) < 4.78 is 4.87. The van der Waals surface area contributed by atoms with Gasteiger partial charge in [-0.15, -0.1) is 11.6 Å². The number of carbonyl (C=O) groups is 1. The molecule has 1 aromatic rings. The quantitative estimate of drug-likeness (QED) is 0.469. The second-order valence-corrected chi connectivity index (χ2v) is 3.78. The smallest absolute Gasteiger partial charge is 0.335 e. The Morgan fingerprint density at radius 3 is 2.50 bits per heavy atom. The summed E-state index contributed by atoms with van der Waals surface area (Å²) >= 11 is 11.4. The first-order chi connectivity index (χ1) is 7.67.